The van der Waals surface area contributed by atoms with E-state index in [1.165, 1.54) is 13.2 Å². The molecule has 3 aromatic carbocycles. The molecule has 1 atom stereocenters. The lowest BCUT2D eigenvalue weighted by atomic mass is 9.93. The Labute approximate surface area is 174 Å². The van der Waals surface area contributed by atoms with E-state index in [-0.39, 0.29) is 24.3 Å². The standard InChI is InChI=1S/C24H21NO5/c1-29-19-8-10-21(26)18(12-19)14-25-23(27)16-7-9-20-17(11-16)13-22(30-24(20)28)15-5-3-2-4-6-15/h2-12,22,26H,13-14H2,1H3,(H,25,27)/t22-/m1/s1. The summed E-state index contributed by atoms with van der Waals surface area (Å²) in [5.74, 6) is -0.0140. The van der Waals surface area contributed by atoms with Crippen molar-refractivity contribution in [3.8, 4) is 11.5 Å². The summed E-state index contributed by atoms with van der Waals surface area (Å²) in [5.41, 5.74) is 3.16. The summed E-state index contributed by atoms with van der Waals surface area (Å²) in [6.45, 7) is 0.146. The van der Waals surface area contributed by atoms with Crippen LogP contribution in [-0.4, -0.2) is 24.1 Å². The molecular weight excluding hydrogens is 382 g/mol. The van der Waals surface area contributed by atoms with Crippen LogP contribution in [0.25, 0.3) is 0 Å². The lowest BCUT2D eigenvalue weighted by Crippen LogP contribution is -2.25. The number of hydrogen-bond donors (Lipinski definition) is 2. The SMILES string of the molecule is COc1ccc(O)c(CNC(=O)c2ccc3c(c2)C[C@H](c2ccccc2)OC3=O)c1. The van der Waals surface area contributed by atoms with E-state index < -0.39 is 5.97 Å². The summed E-state index contributed by atoms with van der Waals surface area (Å²) in [7, 11) is 1.54. The van der Waals surface area contributed by atoms with E-state index in [2.05, 4.69) is 5.32 Å². The molecule has 0 spiro atoms. The van der Waals surface area contributed by atoms with Gasteiger partial charge in [0, 0.05) is 24.1 Å². The Hall–Kier alpha value is -3.80. The molecule has 1 aliphatic rings. The maximum Gasteiger partial charge on any atom is 0.339 e. The minimum Gasteiger partial charge on any atom is -0.508 e. The van der Waals surface area contributed by atoms with Gasteiger partial charge in [-0.3, -0.25) is 4.79 Å². The van der Waals surface area contributed by atoms with E-state index in [9.17, 15) is 14.7 Å². The molecule has 1 heterocycles. The zero-order valence-corrected chi connectivity index (χ0v) is 16.4. The molecule has 30 heavy (non-hydrogen) atoms. The third kappa shape index (κ3) is 3.98. The molecule has 152 valence electrons. The normalized spacial score (nSPS) is 15.1. The minimum absolute atomic E-state index is 0.0787. The van der Waals surface area contributed by atoms with Gasteiger partial charge < -0.3 is 19.9 Å². The number of nitrogens with one attached hydrogen (secondary N) is 1. The molecule has 3 aromatic rings. The number of cyclic esters (lactones) is 1. The van der Waals surface area contributed by atoms with Gasteiger partial charge in [0.05, 0.1) is 12.7 Å². The van der Waals surface area contributed by atoms with Crippen LogP contribution in [-0.2, 0) is 17.7 Å². The van der Waals surface area contributed by atoms with Gasteiger partial charge in [0.25, 0.3) is 5.91 Å². The third-order valence-electron chi connectivity index (χ3n) is 5.14. The molecule has 0 saturated heterocycles. The fraction of sp³-hybridized carbons (Fsp3) is 0.167. The summed E-state index contributed by atoms with van der Waals surface area (Å²) in [4.78, 5) is 25.1. The molecule has 2 N–H and O–H groups in total. The molecular formula is C24H21NO5. The number of phenolic OH excluding ortho intramolecular Hbond substituents is 1. The first-order valence-electron chi connectivity index (χ1n) is 9.58. The fourth-order valence-corrected chi connectivity index (χ4v) is 3.50. The van der Waals surface area contributed by atoms with Gasteiger partial charge in [-0.05, 0) is 47.5 Å². The Kier molecular flexibility index (Phi) is 5.39. The zero-order valence-electron chi connectivity index (χ0n) is 16.4. The molecule has 0 fully saturated rings. The van der Waals surface area contributed by atoms with Crippen molar-refractivity contribution in [1.29, 1.82) is 0 Å². The lowest BCUT2D eigenvalue weighted by molar-refractivity contribution is 0.0252. The van der Waals surface area contributed by atoms with Crippen molar-refractivity contribution in [3.05, 3.63) is 94.5 Å². The first-order valence-corrected chi connectivity index (χ1v) is 9.58. The number of carbonyl (C=O) groups excluding carboxylic acids is 2. The van der Waals surface area contributed by atoms with Crippen molar-refractivity contribution < 1.29 is 24.2 Å². The van der Waals surface area contributed by atoms with Gasteiger partial charge in [0.15, 0.2) is 0 Å². The molecule has 0 bridgehead atoms. The summed E-state index contributed by atoms with van der Waals surface area (Å²) in [5, 5.41) is 12.8. The molecule has 0 radical (unpaired) electrons. The molecule has 0 saturated carbocycles. The van der Waals surface area contributed by atoms with Crippen LogP contribution in [0.2, 0.25) is 0 Å². The number of ether oxygens (including phenoxy) is 2. The van der Waals surface area contributed by atoms with Crippen molar-refractivity contribution in [1.82, 2.24) is 5.32 Å². The Balaban J connectivity index is 1.51. The van der Waals surface area contributed by atoms with Crippen LogP contribution in [0.1, 0.15) is 43.5 Å². The predicted octanol–water partition coefficient (Wildman–Crippen LogP) is 3.79. The Bertz CT molecular complexity index is 1090. The van der Waals surface area contributed by atoms with Crippen molar-refractivity contribution >= 4 is 11.9 Å². The van der Waals surface area contributed by atoms with E-state index in [1.807, 2.05) is 30.3 Å². The van der Waals surface area contributed by atoms with Crippen LogP contribution >= 0.6 is 0 Å². The van der Waals surface area contributed by atoms with E-state index >= 15 is 0 Å². The average Bonchev–Trinajstić information content (AvgIpc) is 2.78. The maximum atomic E-state index is 12.7. The van der Waals surface area contributed by atoms with Gasteiger partial charge >= 0.3 is 5.97 Å². The molecule has 6 nitrogen and oxygen atoms in total. The number of rotatable bonds is 5. The highest BCUT2D eigenvalue weighted by atomic mass is 16.5. The molecule has 0 aliphatic carbocycles. The number of hydrogen-bond acceptors (Lipinski definition) is 5. The number of methoxy groups -OCH3 is 1. The van der Waals surface area contributed by atoms with Crippen LogP contribution in [0.15, 0.2) is 66.7 Å². The highest BCUT2D eigenvalue weighted by molar-refractivity contribution is 5.97. The summed E-state index contributed by atoms with van der Waals surface area (Å²) in [6.07, 6.45) is 0.126. The van der Waals surface area contributed by atoms with Crippen molar-refractivity contribution in [2.45, 2.75) is 19.1 Å². The van der Waals surface area contributed by atoms with E-state index in [0.717, 1.165) is 11.1 Å². The second-order valence-electron chi connectivity index (χ2n) is 7.06. The third-order valence-corrected chi connectivity index (χ3v) is 5.14. The predicted molar refractivity (Wildman–Crippen MR) is 111 cm³/mol. The van der Waals surface area contributed by atoms with Gasteiger partial charge in [-0.1, -0.05) is 30.3 Å². The maximum absolute atomic E-state index is 12.7. The second-order valence-corrected chi connectivity index (χ2v) is 7.06. The number of amides is 1. The molecule has 6 heteroatoms. The quantitative estimate of drug-likeness (QED) is 0.633. The van der Waals surface area contributed by atoms with Crippen LogP contribution in [0, 0.1) is 0 Å². The average molecular weight is 403 g/mol. The van der Waals surface area contributed by atoms with Gasteiger partial charge in [0.2, 0.25) is 0 Å². The number of aromatic hydroxyl groups is 1. The largest absolute Gasteiger partial charge is 0.508 e. The summed E-state index contributed by atoms with van der Waals surface area (Å²) in [6, 6.07) is 19.3. The summed E-state index contributed by atoms with van der Waals surface area (Å²) < 4.78 is 10.7. The van der Waals surface area contributed by atoms with Crippen molar-refractivity contribution in [2.75, 3.05) is 7.11 Å². The Morgan fingerprint density at radius 1 is 1.13 bits per heavy atom. The number of fused-ring (bicyclic) bond motifs is 1. The second kappa shape index (κ2) is 8.29. The summed E-state index contributed by atoms with van der Waals surface area (Å²) >= 11 is 0. The highest BCUT2D eigenvalue weighted by Gasteiger charge is 2.28. The lowest BCUT2D eigenvalue weighted by Gasteiger charge is -2.25. The van der Waals surface area contributed by atoms with Gasteiger partial charge in [-0.15, -0.1) is 0 Å². The molecule has 1 amide bonds. The van der Waals surface area contributed by atoms with Crippen LogP contribution in [0.4, 0.5) is 0 Å². The molecule has 0 aromatic heterocycles. The van der Waals surface area contributed by atoms with Crippen LogP contribution < -0.4 is 10.1 Å². The van der Waals surface area contributed by atoms with Crippen molar-refractivity contribution in [2.24, 2.45) is 0 Å². The van der Waals surface area contributed by atoms with Crippen LogP contribution in [0.5, 0.6) is 11.5 Å². The van der Waals surface area contributed by atoms with Gasteiger partial charge in [-0.2, -0.15) is 0 Å². The Morgan fingerprint density at radius 2 is 1.93 bits per heavy atom. The van der Waals surface area contributed by atoms with Crippen molar-refractivity contribution in [3.63, 3.8) is 0 Å². The fourth-order valence-electron chi connectivity index (χ4n) is 3.50. The molecule has 1 aliphatic heterocycles. The number of carbonyl (C=O) groups is 2. The highest BCUT2D eigenvalue weighted by Crippen LogP contribution is 2.31. The van der Waals surface area contributed by atoms with E-state index in [0.29, 0.717) is 28.9 Å². The topological polar surface area (TPSA) is 84.9 Å². The monoisotopic (exact) mass is 403 g/mol. The van der Waals surface area contributed by atoms with E-state index in [4.69, 9.17) is 9.47 Å². The Morgan fingerprint density at radius 3 is 2.70 bits per heavy atom. The van der Waals surface area contributed by atoms with Gasteiger partial charge in [0.1, 0.15) is 17.6 Å². The van der Waals surface area contributed by atoms with Gasteiger partial charge in [-0.25, -0.2) is 4.79 Å². The number of esters is 1. The number of benzene rings is 3. The minimum atomic E-state index is -0.390. The smallest absolute Gasteiger partial charge is 0.339 e. The van der Waals surface area contributed by atoms with E-state index in [1.54, 1.807) is 30.3 Å². The number of phenols is 1. The first-order chi connectivity index (χ1) is 14.5. The zero-order chi connectivity index (χ0) is 21.1. The van der Waals surface area contributed by atoms with Crippen LogP contribution in [0.3, 0.4) is 0 Å². The first kappa shape index (κ1) is 19.5. The molecule has 0 unspecified atom stereocenters. The molecule has 4 rings (SSSR count).